The Morgan fingerprint density at radius 2 is 1.81 bits per heavy atom. The molecule has 0 N–H and O–H groups in total. The Hall–Kier alpha value is -1.76. The highest BCUT2D eigenvalue weighted by Gasteiger charge is 2.04. The molecule has 0 atom stereocenters. The summed E-state index contributed by atoms with van der Waals surface area (Å²) in [6, 6.07) is 10.9. The maximum absolute atomic E-state index is 3.88. The molecule has 0 saturated carbocycles. The third-order valence-electron chi connectivity index (χ3n) is 2.84. The third-order valence-corrected chi connectivity index (χ3v) is 2.84. The van der Waals surface area contributed by atoms with Gasteiger partial charge in [-0.1, -0.05) is 36.4 Å². The number of benzene rings is 2. The SMILES string of the molecule is C=Cc1cc2cc(C)ccc2cc1N(C)C. The van der Waals surface area contributed by atoms with Gasteiger partial charge in [0, 0.05) is 19.8 Å². The average molecular weight is 211 g/mol. The zero-order valence-corrected chi connectivity index (χ0v) is 10.1. The van der Waals surface area contributed by atoms with Crippen molar-refractivity contribution in [2.45, 2.75) is 6.92 Å². The van der Waals surface area contributed by atoms with Gasteiger partial charge >= 0.3 is 0 Å². The van der Waals surface area contributed by atoms with Crippen LogP contribution in [0.1, 0.15) is 11.1 Å². The summed E-state index contributed by atoms with van der Waals surface area (Å²) in [4.78, 5) is 2.12. The van der Waals surface area contributed by atoms with Crippen molar-refractivity contribution < 1.29 is 0 Å². The quantitative estimate of drug-likeness (QED) is 0.729. The van der Waals surface area contributed by atoms with E-state index in [2.05, 4.69) is 62.8 Å². The Kier molecular flexibility index (Phi) is 2.69. The molecule has 0 bridgehead atoms. The van der Waals surface area contributed by atoms with Crippen molar-refractivity contribution in [3.63, 3.8) is 0 Å². The predicted octanol–water partition coefficient (Wildman–Crippen LogP) is 3.86. The fourth-order valence-electron chi connectivity index (χ4n) is 1.97. The fourth-order valence-corrected chi connectivity index (χ4v) is 1.97. The van der Waals surface area contributed by atoms with Crippen molar-refractivity contribution >= 4 is 22.5 Å². The first-order valence-electron chi connectivity index (χ1n) is 5.46. The molecule has 0 aliphatic heterocycles. The molecule has 16 heavy (non-hydrogen) atoms. The Bertz CT molecular complexity index is 538. The molecule has 82 valence electrons. The van der Waals surface area contributed by atoms with Crippen LogP contribution < -0.4 is 4.90 Å². The van der Waals surface area contributed by atoms with E-state index in [1.807, 2.05) is 6.08 Å². The minimum atomic E-state index is 1.18. The lowest BCUT2D eigenvalue weighted by Crippen LogP contribution is -2.10. The standard InChI is InChI=1S/C15H17N/c1-5-12-9-14-8-11(2)6-7-13(14)10-15(12)16(3)4/h5-10H,1H2,2-4H3. The van der Waals surface area contributed by atoms with Crippen LogP contribution in [0.5, 0.6) is 0 Å². The molecular formula is C15H17N. The van der Waals surface area contributed by atoms with Crippen molar-refractivity contribution in [3.05, 3.63) is 48.0 Å². The average Bonchev–Trinajstić information content (AvgIpc) is 2.26. The van der Waals surface area contributed by atoms with Gasteiger partial charge in [-0.15, -0.1) is 0 Å². The van der Waals surface area contributed by atoms with Gasteiger partial charge in [-0.2, -0.15) is 0 Å². The fraction of sp³-hybridized carbons (Fsp3) is 0.200. The van der Waals surface area contributed by atoms with Crippen LogP contribution in [-0.4, -0.2) is 14.1 Å². The second-order valence-electron chi connectivity index (χ2n) is 4.36. The van der Waals surface area contributed by atoms with Crippen LogP contribution >= 0.6 is 0 Å². The summed E-state index contributed by atoms with van der Waals surface area (Å²) in [5, 5.41) is 2.56. The maximum atomic E-state index is 3.88. The van der Waals surface area contributed by atoms with Gasteiger partial charge in [0.1, 0.15) is 0 Å². The summed E-state index contributed by atoms with van der Waals surface area (Å²) in [5.74, 6) is 0. The van der Waals surface area contributed by atoms with E-state index >= 15 is 0 Å². The number of anilines is 1. The lowest BCUT2D eigenvalue weighted by atomic mass is 10.0. The van der Waals surface area contributed by atoms with E-state index < -0.39 is 0 Å². The van der Waals surface area contributed by atoms with E-state index in [9.17, 15) is 0 Å². The van der Waals surface area contributed by atoms with Gasteiger partial charge in [0.2, 0.25) is 0 Å². The molecule has 0 fully saturated rings. The molecule has 2 aromatic rings. The van der Waals surface area contributed by atoms with Gasteiger partial charge in [0.05, 0.1) is 0 Å². The largest absolute Gasteiger partial charge is 0.377 e. The van der Waals surface area contributed by atoms with Crippen molar-refractivity contribution in [2.24, 2.45) is 0 Å². The maximum Gasteiger partial charge on any atom is 0.0440 e. The summed E-state index contributed by atoms with van der Waals surface area (Å²) < 4.78 is 0. The van der Waals surface area contributed by atoms with Crippen molar-refractivity contribution in [1.82, 2.24) is 0 Å². The highest BCUT2D eigenvalue weighted by molar-refractivity contribution is 5.90. The van der Waals surface area contributed by atoms with Crippen LogP contribution in [0.25, 0.3) is 16.8 Å². The Morgan fingerprint density at radius 3 is 2.44 bits per heavy atom. The second-order valence-corrected chi connectivity index (χ2v) is 4.36. The predicted molar refractivity (Wildman–Crippen MR) is 73.1 cm³/mol. The molecule has 0 radical (unpaired) electrons. The molecular weight excluding hydrogens is 194 g/mol. The van der Waals surface area contributed by atoms with Crippen molar-refractivity contribution in [3.8, 4) is 0 Å². The molecule has 2 aromatic carbocycles. The number of fused-ring (bicyclic) bond motifs is 1. The number of aryl methyl sites for hydroxylation is 1. The first kappa shape index (κ1) is 10.7. The zero-order chi connectivity index (χ0) is 11.7. The molecule has 0 heterocycles. The number of rotatable bonds is 2. The molecule has 0 aliphatic carbocycles. The van der Waals surface area contributed by atoms with Gasteiger partial charge in [-0.3, -0.25) is 0 Å². The van der Waals surface area contributed by atoms with Crippen molar-refractivity contribution in [2.75, 3.05) is 19.0 Å². The Balaban J connectivity index is 2.75. The molecule has 0 spiro atoms. The minimum Gasteiger partial charge on any atom is -0.377 e. The second kappa shape index (κ2) is 4.01. The number of hydrogen-bond acceptors (Lipinski definition) is 1. The molecule has 2 rings (SSSR count). The molecule has 1 nitrogen and oxygen atoms in total. The molecule has 0 unspecified atom stereocenters. The lowest BCUT2D eigenvalue weighted by molar-refractivity contribution is 1.13. The highest BCUT2D eigenvalue weighted by atomic mass is 15.1. The van der Waals surface area contributed by atoms with Gasteiger partial charge in [0.15, 0.2) is 0 Å². The number of hydrogen-bond donors (Lipinski definition) is 0. The number of nitrogens with zero attached hydrogens (tertiary/aromatic N) is 1. The first-order valence-corrected chi connectivity index (χ1v) is 5.46. The van der Waals surface area contributed by atoms with E-state index in [4.69, 9.17) is 0 Å². The van der Waals surface area contributed by atoms with E-state index in [0.717, 1.165) is 0 Å². The first-order chi connectivity index (χ1) is 7.61. The molecule has 0 aromatic heterocycles. The molecule has 0 amide bonds. The third kappa shape index (κ3) is 1.81. The van der Waals surface area contributed by atoms with Crippen LogP contribution in [-0.2, 0) is 0 Å². The van der Waals surface area contributed by atoms with Crippen LogP contribution in [0.2, 0.25) is 0 Å². The highest BCUT2D eigenvalue weighted by Crippen LogP contribution is 2.27. The van der Waals surface area contributed by atoms with Crippen molar-refractivity contribution in [1.29, 1.82) is 0 Å². The molecule has 1 heteroatoms. The van der Waals surface area contributed by atoms with Crippen LogP contribution in [0.4, 0.5) is 5.69 Å². The summed E-state index contributed by atoms with van der Waals surface area (Å²) in [6.07, 6.45) is 1.91. The zero-order valence-electron chi connectivity index (χ0n) is 10.1. The van der Waals surface area contributed by atoms with E-state index in [0.29, 0.717) is 0 Å². The lowest BCUT2D eigenvalue weighted by Gasteiger charge is -2.17. The van der Waals surface area contributed by atoms with Gasteiger partial charge in [-0.05, 0) is 35.4 Å². The Morgan fingerprint density at radius 1 is 1.06 bits per heavy atom. The van der Waals surface area contributed by atoms with Crippen LogP contribution in [0, 0.1) is 6.92 Å². The summed E-state index contributed by atoms with van der Waals surface area (Å²) in [5.41, 5.74) is 3.69. The van der Waals surface area contributed by atoms with Crippen LogP contribution in [0.15, 0.2) is 36.9 Å². The molecule has 0 saturated heterocycles. The topological polar surface area (TPSA) is 3.24 Å². The van der Waals surface area contributed by atoms with E-state index in [1.165, 1.54) is 27.6 Å². The summed E-state index contributed by atoms with van der Waals surface area (Å²) >= 11 is 0. The normalized spacial score (nSPS) is 10.4. The van der Waals surface area contributed by atoms with E-state index in [-0.39, 0.29) is 0 Å². The van der Waals surface area contributed by atoms with Crippen LogP contribution in [0.3, 0.4) is 0 Å². The monoisotopic (exact) mass is 211 g/mol. The van der Waals surface area contributed by atoms with E-state index in [1.54, 1.807) is 0 Å². The minimum absolute atomic E-state index is 1.18. The summed E-state index contributed by atoms with van der Waals surface area (Å²) in [6.45, 7) is 5.99. The smallest absolute Gasteiger partial charge is 0.0440 e. The molecule has 0 aliphatic rings. The van der Waals surface area contributed by atoms with Gasteiger partial charge in [-0.25, -0.2) is 0 Å². The summed E-state index contributed by atoms with van der Waals surface area (Å²) in [7, 11) is 4.12. The Labute approximate surface area is 97.0 Å². The van der Waals surface area contributed by atoms with Gasteiger partial charge in [0.25, 0.3) is 0 Å². The van der Waals surface area contributed by atoms with Gasteiger partial charge < -0.3 is 4.90 Å².